The van der Waals surface area contributed by atoms with E-state index >= 15 is 0 Å². The predicted molar refractivity (Wildman–Crippen MR) is 60.8 cm³/mol. The number of pyridine rings is 1. The van der Waals surface area contributed by atoms with Crippen molar-refractivity contribution in [1.29, 1.82) is 5.26 Å². The summed E-state index contributed by atoms with van der Waals surface area (Å²) < 4.78 is 0. The van der Waals surface area contributed by atoms with Crippen LogP contribution in [0.5, 0.6) is 0 Å². The molecule has 0 aromatic carbocycles. The van der Waals surface area contributed by atoms with Crippen molar-refractivity contribution in [3.8, 4) is 6.07 Å². The van der Waals surface area contributed by atoms with E-state index < -0.39 is 0 Å². The van der Waals surface area contributed by atoms with Crippen molar-refractivity contribution in [2.45, 2.75) is 32.7 Å². The van der Waals surface area contributed by atoms with Crippen LogP contribution in [0.1, 0.15) is 36.8 Å². The van der Waals surface area contributed by atoms with Gasteiger partial charge in [0.1, 0.15) is 0 Å². The first-order valence-corrected chi connectivity index (χ1v) is 5.07. The maximum absolute atomic E-state index is 11.8. The molecule has 1 amide bonds. The van der Waals surface area contributed by atoms with Crippen molar-refractivity contribution in [1.82, 2.24) is 10.3 Å². The first kappa shape index (κ1) is 12.2. The normalized spacial score (nSPS) is 10.6. The van der Waals surface area contributed by atoms with Crippen LogP contribution in [-0.2, 0) is 6.42 Å². The summed E-state index contributed by atoms with van der Waals surface area (Å²) in [5, 5.41) is 11.4. The Bertz CT molecular complexity index is 427. The standard InChI is InChI=1S/C12H15N3O/c1-12(2,3)15-11(16)9-5-7-14-10(8-9)4-6-13/h5,7-8H,4H2,1-3H3,(H,15,16). The van der Waals surface area contributed by atoms with Crippen LogP contribution < -0.4 is 5.32 Å². The first-order valence-electron chi connectivity index (χ1n) is 5.07. The van der Waals surface area contributed by atoms with E-state index in [2.05, 4.69) is 10.3 Å². The van der Waals surface area contributed by atoms with E-state index in [1.807, 2.05) is 26.8 Å². The second-order valence-electron chi connectivity index (χ2n) is 4.57. The zero-order valence-corrected chi connectivity index (χ0v) is 9.74. The Labute approximate surface area is 95.3 Å². The molecule has 0 saturated heterocycles. The fraction of sp³-hybridized carbons (Fsp3) is 0.417. The minimum absolute atomic E-state index is 0.144. The summed E-state index contributed by atoms with van der Waals surface area (Å²) in [4.78, 5) is 15.8. The lowest BCUT2D eigenvalue weighted by Gasteiger charge is -2.20. The average Bonchev–Trinajstić information content (AvgIpc) is 2.16. The molecule has 4 heteroatoms. The zero-order chi connectivity index (χ0) is 12.2. The van der Waals surface area contributed by atoms with E-state index in [-0.39, 0.29) is 17.9 Å². The highest BCUT2D eigenvalue weighted by Crippen LogP contribution is 2.06. The molecular weight excluding hydrogens is 202 g/mol. The van der Waals surface area contributed by atoms with Crippen molar-refractivity contribution < 1.29 is 4.79 Å². The van der Waals surface area contributed by atoms with Gasteiger partial charge < -0.3 is 5.32 Å². The quantitative estimate of drug-likeness (QED) is 0.819. The summed E-state index contributed by atoms with van der Waals surface area (Å²) >= 11 is 0. The Morgan fingerprint density at radius 2 is 2.25 bits per heavy atom. The van der Waals surface area contributed by atoms with Crippen molar-refractivity contribution in [2.24, 2.45) is 0 Å². The van der Waals surface area contributed by atoms with E-state index in [0.29, 0.717) is 11.3 Å². The minimum Gasteiger partial charge on any atom is -0.347 e. The molecule has 0 saturated carbocycles. The van der Waals surface area contributed by atoms with Crippen LogP contribution in [0.3, 0.4) is 0 Å². The maximum atomic E-state index is 11.8. The molecule has 0 aliphatic rings. The molecule has 0 spiro atoms. The third-order valence-corrected chi connectivity index (χ3v) is 1.83. The Balaban J connectivity index is 2.84. The average molecular weight is 217 g/mol. The number of hydrogen-bond acceptors (Lipinski definition) is 3. The Morgan fingerprint density at radius 1 is 1.56 bits per heavy atom. The van der Waals surface area contributed by atoms with Crippen LogP contribution in [-0.4, -0.2) is 16.4 Å². The molecule has 0 unspecified atom stereocenters. The third-order valence-electron chi connectivity index (χ3n) is 1.83. The molecule has 0 fully saturated rings. The summed E-state index contributed by atoms with van der Waals surface area (Å²) in [6.45, 7) is 5.76. The molecule has 84 valence electrons. The Kier molecular flexibility index (Phi) is 3.62. The molecule has 1 aromatic rings. The number of nitriles is 1. The maximum Gasteiger partial charge on any atom is 0.251 e. The van der Waals surface area contributed by atoms with Gasteiger partial charge in [0.15, 0.2) is 0 Å². The van der Waals surface area contributed by atoms with E-state index in [9.17, 15) is 4.79 Å². The second kappa shape index (κ2) is 4.75. The lowest BCUT2D eigenvalue weighted by atomic mass is 10.1. The molecule has 0 aliphatic carbocycles. The van der Waals surface area contributed by atoms with E-state index in [1.54, 1.807) is 18.3 Å². The van der Waals surface area contributed by atoms with Gasteiger partial charge >= 0.3 is 0 Å². The van der Waals surface area contributed by atoms with Crippen molar-refractivity contribution in [3.05, 3.63) is 29.6 Å². The van der Waals surface area contributed by atoms with Crippen LogP contribution in [0.25, 0.3) is 0 Å². The molecule has 16 heavy (non-hydrogen) atoms. The van der Waals surface area contributed by atoms with Gasteiger partial charge in [0, 0.05) is 17.3 Å². The van der Waals surface area contributed by atoms with Gasteiger partial charge in [-0.15, -0.1) is 0 Å². The number of carbonyl (C=O) groups is 1. The van der Waals surface area contributed by atoms with Gasteiger partial charge in [0.2, 0.25) is 0 Å². The molecule has 0 aliphatic heterocycles. The van der Waals surface area contributed by atoms with E-state index in [1.165, 1.54) is 0 Å². The Morgan fingerprint density at radius 3 is 2.81 bits per heavy atom. The topological polar surface area (TPSA) is 65.8 Å². The SMILES string of the molecule is CC(C)(C)NC(=O)c1ccnc(CC#N)c1. The fourth-order valence-electron chi connectivity index (χ4n) is 1.21. The van der Waals surface area contributed by atoms with Gasteiger partial charge in [-0.1, -0.05) is 0 Å². The molecule has 1 rings (SSSR count). The number of rotatable bonds is 2. The predicted octanol–water partition coefficient (Wildman–Crippen LogP) is 1.68. The molecule has 1 N–H and O–H groups in total. The highest BCUT2D eigenvalue weighted by molar-refractivity contribution is 5.94. The zero-order valence-electron chi connectivity index (χ0n) is 9.74. The monoisotopic (exact) mass is 217 g/mol. The Hall–Kier alpha value is -1.89. The molecule has 0 radical (unpaired) electrons. The summed E-state index contributed by atoms with van der Waals surface area (Å²) in [5.74, 6) is -0.144. The highest BCUT2D eigenvalue weighted by atomic mass is 16.1. The van der Waals surface area contributed by atoms with Gasteiger partial charge in [-0.25, -0.2) is 0 Å². The van der Waals surface area contributed by atoms with E-state index in [0.717, 1.165) is 0 Å². The minimum atomic E-state index is -0.268. The first-order chi connectivity index (χ1) is 7.42. The largest absolute Gasteiger partial charge is 0.347 e. The second-order valence-corrected chi connectivity index (χ2v) is 4.57. The number of amides is 1. The van der Waals surface area contributed by atoms with Gasteiger partial charge in [0.25, 0.3) is 5.91 Å². The van der Waals surface area contributed by atoms with Gasteiger partial charge in [-0.05, 0) is 32.9 Å². The molecule has 0 atom stereocenters. The van der Waals surface area contributed by atoms with Crippen LogP contribution in [0.2, 0.25) is 0 Å². The smallest absolute Gasteiger partial charge is 0.251 e. The van der Waals surface area contributed by atoms with E-state index in [4.69, 9.17) is 5.26 Å². The van der Waals surface area contributed by atoms with Gasteiger partial charge in [-0.3, -0.25) is 9.78 Å². The van der Waals surface area contributed by atoms with Crippen LogP contribution in [0.4, 0.5) is 0 Å². The number of hydrogen-bond donors (Lipinski definition) is 1. The lowest BCUT2D eigenvalue weighted by molar-refractivity contribution is 0.0919. The molecule has 0 bridgehead atoms. The highest BCUT2D eigenvalue weighted by Gasteiger charge is 2.15. The molecule has 4 nitrogen and oxygen atoms in total. The summed E-state index contributed by atoms with van der Waals surface area (Å²) in [5.41, 5.74) is 0.884. The number of carbonyl (C=O) groups excluding carboxylic acids is 1. The lowest BCUT2D eigenvalue weighted by Crippen LogP contribution is -2.40. The number of nitrogens with one attached hydrogen (secondary N) is 1. The summed E-state index contributed by atoms with van der Waals surface area (Å²) in [6, 6.07) is 5.29. The fourth-order valence-corrected chi connectivity index (χ4v) is 1.21. The van der Waals surface area contributed by atoms with Gasteiger partial charge in [0.05, 0.1) is 18.2 Å². The summed E-state index contributed by atoms with van der Waals surface area (Å²) in [6.07, 6.45) is 1.76. The van der Waals surface area contributed by atoms with Crippen LogP contribution in [0, 0.1) is 11.3 Å². The third kappa shape index (κ3) is 3.70. The molecular formula is C12H15N3O. The summed E-state index contributed by atoms with van der Waals surface area (Å²) in [7, 11) is 0. The van der Waals surface area contributed by atoms with Gasteiger partial charge in [-0.2, -0.15) is 5.26 Å². The molecule has 1 heterocycles. The van der Waals surface area contributed by atoms with Crippen LogP contribution >= 0.6 is 0 Å². The van der Waals surface area contributed by atoms with Crippen LogP contribution in [0.15, 0.2) is 18.3 Å². The van der Waals surface area contributed by atoms with Crippen molar-refractivity contribution in [2.75, 3.05) is 0 Å². The number of aromatic nitrogens is 1. The number of nitrogens with zero attached hydrogens (tertiary/aromatic N) is 2. The molecule has 1 aromatic heterocycles. The van der Waals surface area contributed by atoms with Crippen molar-refractivity contribution in [3.63, 3.8) is 0 Å². The van der Waals surface area contributed by atoms with Crippen molar-refractivity contribution >= 4 is 5.91 Å².